The number of halogens is 3. The second-order valence-electron chi connectivity index (χ2n) is 15.0. The number of carbonyl (C=O) groups excluding carboxylic acids is 4. The number of fused-ring (bicyclic) bond motifs is 2. The van der Waals surface area contributed by atoms with Crippen LogP contribution in [0.5, 0.6) is 0 Å². The van der Waals surface area contributed by atoms with Gasteiger partial charge in [-0.25, -0.2) is 15.0 Å². The largest absolute Gasteiger partial charge is 0.433 e. The number of amides is 3. The van der Waals surface area contributed by atoms with Crippen LogP contribution in [0.4, 0.5) is 19.0 Å². The number of aromatic nitrogens is 5. The minimum absolute atomic E-state index is 0.114. The minimum Gasteiger partial charge on any atom is -0.380 e. The summed E-state index contributed by atoms with van der Waals surface area (Å²) in [6, 6.07) is 3.54. The number of Topliss-reactive ketones (excluding diaryl/α,β-unsaturated/α-hetero) is 1. The standard InChI is InChI=1S/C39H43F3N8O5/c1-9-37(6,7)36(54)45-22(4)38-14-28(35(53)47-34-24(19-55-8)10-11-29(46-34)39(40,41)42)50(30(38)15-38)31(52)18-49-33-20(2)12-25(26-16-43-23(5)44-17-26)13-27(33)32(48-49)21(3)51/h9-13,16-17,22,28,30H,1,14-15,18-19H2,2-8H3,(H,45,54)(H,46,47,53)/t22?,28-,30+,38-/m0/s1. The summed E-state index contributed by atoms with van der Waals surface area (Å²) >= 11 is 0. The first-order valence-corrected chi connectivity index (χ1v) is 17.7. The number of ketones is 1. The van der Waals surface area contributed by atoms with Gasteiger partial charge in [0, 0.05) is 60.4 Å². The van der Waals surface area contributed by atoms with Crippen molar-refractivity contribution >= 4 is 40.2 Å². The molecule has 1 aromatic carbocycles. The molecule has 290 valence electrons. The molecule has 4 heterocycles. The van der Waals surface area contributed by atoms with Crippen LogP contribution in [0.2, 0.25) is 0 Å². The van der Waals surface area contributed by atoms with Crippen LogP contribution in [0.25, 0.3) is 22.0 Å². The number of pyridine rings is 1. The fourth-order valence-electron chi connectivity index (χ4n) is 7.45. The molecular formula is C39H43F3N8O5. The second kappa shape index (κ2) is 14.3. The molecule has 4 aromatic rings. The summed E-state index contributed by atoms with van der Waals surface area (Å²) in [7, 11) is 1.36. The number of alkyl halides is 3. The molecule has 4 atom stereocenters. The van der Waals surface area contributed by atoms with Gasteiger partial charge in [-0.1, -0.05) is 12.1 Å². The maximum Gasteiger partial charge on any atom is 0.433 e. The summed E-state index contributed by atoms with van der Waals surface area (Å²) < 4.78 is 47.7. The van der Waals surface area contributed by atoms with Crippen LogP contribution >= 0.6 is 0 Å². The predicted octanol–water partition coefficient (Wildman–Crippen LogP) is 5.59. The Morgan fingerprint density at radius 1 is 1.09 bits per heavy atom. The third-order valence-electron chi connectivity index (χ3n) is 10.8. The molecule has 2 aliphatic rings. The van der Waals surface area contributed by atoms with Crippen LogP contribution < -0.4 is 10.6 Å². The van der Waals surface area contributed by atoms with Crippen LogP contribution in [0.15, 0.2) is 49.3 Å². The van der Waals surface area contributed by atoms with E-state index in [2.05, 4.69) is 37.3 Å². The average Bonchev–Trinajstić information content (AvgIpc) is 3.56. The summed E-state index contributed by atoms with van der Waals surface area (Å²) in [5.74, 6) is -1.59. The van der Waals surface area contributed by atoms with Gasteiger partial charge in [-0.05, 0) is 76.8 Å². The number of hydrogen-bond acceptors (Lipinski definition) is 9. The Balaban J connectivity index is 1.36. The van der Waals surface area contributed by atoms with Gasteiger partial charge >= 0.3 is 6.18 Å². The Morgan fingerprint density at radius 3 is 2.40 bits per heavy atom. The van der Waals surface area contributed by atoms with Crippen LogP contribution in [0.1, 0.15) is 73.7 Å². The van der Waals surface area contributed by atoms with Crippen molar-refractivity contribution in [2.45, 2.75) is 91.8 Å². The van der Waals surface area contributed by atoms with Gasteiger partial charge in [-0.15, -0.1) is 6.58 Å². The third kappa shape index (κ3) is 7.34. The van der Waals surface area contributed by atoms with E-state index in [1.165, 1.54) is 35.8 Å². The highest BCUT2D eigenvalue weighted by atomic mass is 19.4. The van der Waals surface area contributed by atoms with Crippen molar-refractivity contribution in [3.63, 3.8) is 0 Å². The lowest BCUT2D eigenvalue weighted by atomic mass is 9.88. The Labute approximate surface area is 315 Å². The number of nitrogens with zero attached hydrogens (tertiary/aromatic N) is 6. The lowest BCUT2D eigenvalue weighted by Crippen LogP contribution is -2.47. The molecule has 1 saturated carbocycles. The number of carbonyl (C=O) groups is 4. The van der Waals surface area contributed by atoms with Gasteiger partial charge in [-0.2, -0.15) is 18.3 Å². The van der Waals surface area contributed by atoms with Crippen LogP contribution in [-0.2, 0) is 38.4 Å². The van der Waals surface area contributed by atoms with Crippen molar-refractivity contribution < 1.29 is 37.1 Å². The first kappa shape index (κ1) is 39.2. The van der Waals surface area contributed by atoms with Crippen LogP contribution in [-0.4, -0.2) is 78.4 Å². The zero-order valence-electron chi connectivity index (χ0n) is 31.7. The highest BCUT2D eigenvalue weighted by Crippen LogP contribution is 2.62. The summed E-state index contributed by atoms with van der Waals surface area (Å²) in [4.78, 5) is 68.5. The monoisotopic (exact) mass is 760 g/mol. The van der Waals surface area contributed by atoms with Crippen LogP contribution in [0.3, 0.4) is 0 Å². The fourth-order valence-corrected chi connectivity index (χ4v) is 7.45. The van der Waals surface area contributed by atoms with Crippen molar-refractivity contribution in [3.05, 3.63) is 77.7 Å². The minimum atomic E-state index is -4.78. The zero-order valence-corrected chi connectivity index (χ0v) is 31.7. The fraction of sp³-hybridized carbons (Fsp3) is 0.436. The first-order valence-electron chi connectivity index (χ1n) is 17.7. The number of methoxy groups -OCH3 is 1. The molecule has 1 aliphatic heterocycles. The molecule has 3 amide bonds. The molecule has 0 spiro atoms. The van der Waals surface area contributed by atoms with E-state index in [4.69, 9.17) is 4.74 Å². The Morgan fingerprint density at radius 2 is 1.78 bits per heavy atom. The van der Waals surface area contributed by atoms with Crippen molar-refractivity contribution in [1.82, 2.24) is 34.9 Å². The molecule has 1 unspecified atom stereocenters. The normalized spacial score (nSPS) is 19.9. The number of anilines is 1. The van der Waals surface area contributed by atoms with E-state index in [0.29, 0.717) is 23.1 Å². The quantitative estimate of drug-likeness (QED) is 0.139. The molecule has 55 heavy (non-hydrogen) atoms. The van der Waals surface area contributed by atoms with Crippen molar-refractivity contribution in [3.8, 4) is 11.1 Å². The number of hydrogen-bond donors (Lipinski definition) is 2. The first-order chi connectivity index (χ1) is 25.8. The predicted molar refractivity (Wildman–Crippen MR) is 196 cm³/mol. The van der Waals surface area contributed by atoms with E-state index < -0.39 is 52.6 Å². The molecule has 2 fully saturated rings. The molecule has 1 saturated heterocycles. The summed E-state index contributed by atoms with van der Waals surface area (Å²) in [5.41, 5.74) is 0.296. The van der Waals surface area contributed by atoms with Crippen molar-refractivity contribution in [2.75, 3.05) is 12.4 Å². The Bertz CT molecular complexity index is 2220. The Kier molecular flexibility index (Phi) is 10.2. The number of benzene rings is 1. The van der Waals surface area contributed by atoms with Crippen molar-refractivity contribution in [2.24, 2.45) is 10.8 Å². The number of ether oxygens (including phenoxy) is 1. The number of aryl methyl sites for hydroxylation is 2. The maximum absolute atomic E-state index is 14.5. The number of rotatable bonds is 12. The maximum atomic E-state index is 14.5. The van der Waals surface area contributed by atoms with Gasteiger partial charge in [0.25, 0.3) is 0 Å². The molecule has 3 aromatic heterocycles. The highest BCUT2D eigenvalue weighted by Gasteiger charge is 2.69. The molecule has 0 radical (unpaired) electrons. The third-order valence-corrected chi connectivity index (χ3v) is 10.8. The van der Waals surface area contributed by atoms with E-state index in [0.717, 1.165) is 22.8 Å². The van der Waals surface area contributed by atoms with Gasteiger partial charge in [0.1, 0.15) is 35.6 Å². The second-order valence-corrected chi connectivity index (χ2v) is 15.0. The zero-order chi connectivity index (χ0) is 40.2. The number of likely N-dealkylation sites (tertiary alicyclic amines) is 1. The average molecular weight is 761 g/mol. The topological polar surface area (TPSA) is 161 Å². The molecule has 16 heteroatoms. The lowest BCUT2D eigenvalue weighted by Gasteiger charge is -2.28. The summed E-state index contributed by atoms with van der Waals surface area (Å²) in [6.45, 7) is 13.5. The SMILES string of the molecule is C=CC(C)(C)C(=O)NC(C)[C@@]12C[C@@H](C(=O)Nc3nc(C(F)(F)F)ccc3COC)N(C(=O)Cn3nc(C(C)=O)c4cc(-c5cnc(C)nc5)cc(C)c43)[C@@H]1C2. The smallest absolute Gasteiger partial charge is 0.380 e. The van der Waals surface area contributed by atoms with E-state index in [1.807, 2.05) is 19.9 Å². The van der Waals surface area contributed by atoms with Gasteiger partial charge < -0.3 is 20.3 Å². The molecule has 0 bridgehead atoms. The molecular weight excluding hydrogens is 717 g/mol. The lowest BCUT2D eigenvalue weighted by molar-refractivity contribution is -0.141. The van der Waals surface area contributed by atoms with E-state index >= 15 is 0 Å². The van der Waals surface area contributed by atoms with Crippen molar-refractivity contribution in [1.29, 1.82) is 0 Å². The van der Waals surface area contributed by atoms with Gasteiger partial charge in [-0.3, -0.25) is 23.9 Å². The summed E-state index contributed by atoms with van der Waals surface area (Å²) in [6.07, 6.45) is 0.690. The number of piperidine rings is 1. The molecule has 1 aliphatic carbocycles. The highest BCUT2D eigenvalue weighted by molar-refractivity contribution is 6.07. The van der Waals surface area contributed by atoms with E-state index in [9.17, 15) is 32.3 Å². The number of nitrogens with one attached hydrogen (secondary N) is 2. The van der Waals surface area contributed by atoms with Gasteiger partial charge in [0.05, 0.1) is 17.5 Å². The van der Waals surface area contributed by atoms with Gasteiger partial charge in [0.2, 0.25) is 17.7 Å². The summed E-state index contributed by atoms with van der Waals surface area (Å²) in [5, 5.41) is 10.7. The molecule has 13 nitrogen and oxygen atoms in total. The van der Waals surface area contributed by atoms with Gasteiger partial charge in [0.15, 0.2) is 5.78 Å². The molecule has 2 N–H and O–H groups in total. The Hall–Kier alpha value is -5.51. The van der Waals surface area contributed by atoms with E-state index in [1.54, 1.807) is 39.2 Å². The van der Waals surface area contributed by atoms with Crippen LogP contribution in [0, 0.1) is 24.7 Å². The van der Waals surface area contributed by atoms with E-state index in [-0.39, 0.29) is 48.3 Å². The molecule has 6 rings (SSSR count).